The fourth-order valence-electron chi connectivity index (χ4n) is 1.22. The van der Waals surface area contributed by atoms with Gasteiger partial charge in [0, 0.05) is 18.0 Å². The number of hydrogen-bond donors (Lipinski definition) is 1. The number of nitrogens with zero attached hydrogens (tertiary/aromatic N) is 1. The summed E-state index contributed by atoms with van der Waals surface area (Å²) in [6.45, 7) is 5.42. The van der Waals surface area contributed by atoms with Crippen molar-refractivity contribution in [3.8, 4) is 0 Å². The molecule has 0 amide bonds. The molecule has 1 aromatic rings. The summed E-state index contributed by atoms with van der Waals surface area (Å²) >= 11 is 1.82. The zero-order valence-corrected chi connectivity index (χ0v) is 9.68. The topological polar surface area (TPSA) is 24.9 Å². The molecule has 0 radical (unpaired) electrons. The molecule has 0 bridgehead atoms. The number of thioether (sulfide) groups is 1. The van der Waals surface area contributed by atoms with Gasteiger partial charge in [0.1, 0.15) is 0 Å². The van der Waals surface area contributed by atoms with Crippen LogP contribution in [0, 0.1) is 0 Å². The van der Waals surface area contributed by atoms with Gasteiger partial charge in [-0.1, -0.05) is 13.0 Å². The van der Waals surface area contributed by atoms with E-state index in [1.807, 2.05) is 30.1 Å². The fourth-order valence-corrected chi connectivity index (χ4v) is 2.21. The molecular weight excluding hydrogens is 192 g/mol. The lowest BCUT2D eigenvalue weighted by Crippen LogP contribution is -2.25. The summed E-state index contributed by atoms with van der Waals surface area (Å²) in [6, 6.07) is 6.65. The molecule has 0 saturated heterocycles. The molecule has 1 atom stereocenters. The van der Waals surface area contributed by atoms with Crippen LogP contribution in [0.3, 0.4) is 0 Å². The van der Waals surface area contributed by atoms with Crippen LogP contribution in [0.1, 0.15) is 20.3 Å². The molecule has 14 heavy (non-hydrogen) atoms. The van der Waals surface area contributed by atoms with E-state index in [0.29, 0.717) is 6.04 Å². The molecule has 1 aromatic heterocycles. The van der Waals surface area contributed by atoms with Crippen LogP contribution in [0.5, 0.6) is 0 Å². The lowest BCUT2D eigenvalue weighted by Gasteiger charge is -2.10. The zero-order chi connectivity index (χ0) is 10.2. The van der Waals surface area contributed by atoms with Crippen LogP contribution in [0.4, 0.5) is 0 Å². The normalized spacial score (nSPS) is 12.7. The summed E-state index contributed by atoms with van der Waals surface area (Å²) in [4.78, 5) is 4.26. The van der Waals surface area contributed by atoms with Gasteiger partial charge in [0.2, 0.25) is 0 Å². The van der Waals surface area contributed by atoms with Gasteiger partial charge in [-0.15, -0.1) is 11.8 Å². The second kappa shape index (κ2) is 6.85. The molecule has 1 N–H and O–H groups in total. The minimum Gasteiger partial charge on any atom is -0.315 e. The van der Waals surface area contributed by atoms with Gasteiger partial charge in [0.25, 0.3) is 0 Å². The van der Waals surface area contributed by atoms with Crippen molar-refractivity contribution in [1.29, 1.82) is 0 Å². The van der Waals surface area contributed by atoms with Crippen LogP contribution < -0.4 is 5.32 Å². The molecule has 0 spiro atoms. The van der Waals surface area contributed by atoms with Crippen molar-refractivity contribution >= 4 is 11.8 Å². The Hall–Kier alpha value is -0.540. The lowest BCUT2D eigenvalue weighted by atomic mass is 10.3. The minimum atomic E-state index is 0.608. The molecule has 0 aromatic carbocycles. The van der Waals surface area contributed by atoms with E-state index in [9.17, 15) is 0 Å². The van der Waals surface area contributed by atoms with Gasteiger partial charge in [-0.3, -0.25) is 0 Å². The fraction of sp³-hybridized carbons (Fsp3) is 0.545. The van der Waals surface area contributed by atoms with E-state index in [1.54, 1.807) is 0 Å². The highest BCUT2D eigenvalue weighted by atomic mass is 32.2. The highest BCUT2D eigenvalue weighted by molar-refractivity contribution is 7.99. The van der Waals surface area contributed by atoms with Crippen molar-refractivity contribution in [3.63, 3.8) is 0 Å². The summed E-state index contributed by atoms with van der Waals surface area (Å²) in [5, 5.41) is 4.52. The maximum Gasteiger partial charge on any atom is 0.0959 e. The number of pyridine rings is 1. The van der Waals surface area contributed by atoms with Crippen LogP contribution in [-0.2, 0) is 0 Å². The van der Waals surface area contributed by atoms with E-state index in [0.717, 1.165) is 17.3 Å². The molecule has 78 valence electrons. The van der Waals surface area contributed by atoms with Gasteiger partial charge in [0.15, 0.2) is 0 Å². The predicted molar refractivity (Wildman–Crippen MR) is 62.7 cm³/mol. The molecule has 0 fully saturated rings. The average molecular weight is 210 g/mol. The third-order valence-corrected chi connectivity index (χ3v) is 2.97. The van der Waals surface area contributed by atoms with Crippen molar-refractivity contribution in [2.45, 2.75) is 31.3 Å². The highest BCUT2D eigenvalue weighted by Crippen LogP contribution is 2.15. The number of hydrogen-bond acceptors (Lipinski definition) is 3. The van der Waals surface area contributed by atoms with E-state index in [1.165, 1.54) is 6.42 Å². The Labute approximate surface area is 90.5 Å². The van der Waals surface area contributed by atoms with Crippen LogP contribution in [-0.4, -0.2) is 23.3 Å². The molecule has 1 rings (SSSR count). The van der Waals surface area contributed by atoms with Crippen molar-refractivity contribution < 1.29 is 0 Å². The first-order valence-corrected chi connectivity index (χ1v) is 6.08. The van der Waals surface area contributed by atoms with Crippen molar-refractivity contribution in [3.05, 3.63) is 24.4 Å². The van der Waals surface area contributed by atoms with E-state index >= 15 is 0 Å². The number of aromatic nitrogens is 1. The predicted octanol–water partition coefficient (Wildman–Crippen LogP) is 2.56. The molecular formula is C11H18N2S. The van der Waals surface area contributed by atoms with Crippen LogP contribution in [0.2, 0.25) is 0 Å². The Morgan fingerprint density at radius 1 is 1.50 bits per heavy atom. The van der Waals surface area contributed by atoms with Gasteiger partial charge in [-0.2, -0.15) is 0 Å². The van der Waals surface area contributed by atoms with Crippen LogP contribution >= 0.6 is 11.8 Å². The Bertz CT molecular complexity index is 238. The smallest absolute Gasteiger partial charge is 0.0959 e. The first-order valence-electron chi connectivity index (χ1n) is 5.10. The number of rotatable bonds is 6. The molecule has 0 aliphatic rings. The first kappa shape index (κ1) is 11.5. The zero-order valence-electron chi connectivity index (χ0n) is 8.86. The van der Waals surface area contributed by atoms with Crippen molar-refractivity contribution in [2.75, 3.05) is 12.3 Å². The van der Waals surface area contributed by atoms with Crippen molar-refractivity contribution in [2.24, 2.45) is 0 Å². The van der Waals surface area contributed by atoms with Gasteiger partial charge in [-0.25, -0.2) is 4.98 Å². The van der Waals surface area contributed by atoms with Gasteiger partial charge in [-0.05, 0) is 32.0 Å². The van der Waals surface area contributed by atoms with E-state index in [-0.39, 0.29) is 0 Å². The SMILES string of the molecule is CCNC(C)CCSc1ccccn1. The van der Waals surface area contributed by atoms with E-state index in [2.05, 4.69) is 30.2 Å². The Balaban J connectivity index is 2.16. The second-order valence-electron chi connectivity index (χ2n) is 3.26. The average Bonchev–Trinajstić information content (AvgIpc) is 2.20. The van der Waals surface area contributed by atoms with E-state index in [4.69, 9.17) is 0 Å². The Morgan fingerprint density at radius 2 is 2.36 bits per heavy atom. The molecule has 3 heteroatoms. The summed E-state index contributed by atoms with van der Waals surface area (Å²) in [5.41, 5.74) is 0. The van der Waals surface area contributed by atoms with Gasteiger partial charge >= 0.3 is 0 Å². The van der Waals surface area contributed by atoms with Gasteiger partial charge in [0.05, 0.1) is 5.03 Å². The third kappa shape index (κ3) is 4.63. The Morgan fingerprint density at radius 3 is 3.00 bits per heavy atom. The molecule has 0 aliphatic carbocycles. The summed E-state index contributed by atoms with van der Waals surface area (Å²) in [5.74, 6) is 1.13. The summed E-state index contributed by atoms with van der Waals surface area (Å²) in [7, 11) is 0. The van der Waals surface area contributed by atoms with Gasteiger partial charge < -0.3 is 5.32 Å². The number of nitrogens with one attached hydrogen (secondary N) is 1. The monoisotopic (exact) mass is 210 g/mol. The molecule has 1 unspecified atom stereocenters. The summed E-state index contributed by atoms with van der Waals surface area (Å²) in [6.07, 6.45) is 3.03. The lowest BCUT2D eigenvalue weighted by molar-refractivity contribution is 0.556. The quantitative estimate of drug-likeness (QED) is 0.730. The minimum absolute atomic E-state index is 0.608. The third-order valence-electron chi connectivity index (χ3n) is 1.99. The summed E-state index contributed by atoms with van der Waals surface area (Å²) < 4.78 is 0. The van der Waals surface area contributed by atoms with Crippen LogP contribution in [0.25, 0.3) is 0 Å². The molecule has 1 heterocycles. The maximum atomic E-state index is 4.26. The first-order chi connectivity index (χ1) is 6.83. The Kier molecular flexibility index (Phi) is 5.64. The van der Waals surface area contributed by atoms with Crippen molar-refractivity contribution in [1.82, 2.24) is 10.3 Å². The van der Waals surface area contributed by atoms with Crippen LogP contribution in [0.15, 0.2) is 29.4 Å². The van der Waals surface area contributed by atoms with E-state index < -0.39 is 0 Å². The molecule has 0 aliphatic heterocycles. The maximum absolute atomic E-state index is 4.26. The molecule has 2 nitrogen and oxygen atoms in total. The molecule has 0 saturated carbocycles. The highest BCUT2D eigenvalue weighted by Gasteiger charge is 2.00. The largest absolute Gasteiger partial charge is 0.315 e. The standard InChI is InChI=1S/C11H18N2S/c1-3-12-10(2)7-9-14-11-6-4-5-8-13-11/h4-6,8,10,12H,3,7,9H2,1-2H3. The second-order valence-corrected chi connectivity index (χ2v) is 4.38.